The first-order valence-electron chi connectivity index (χ1n) is 5.73. The highest BCUT2D eigenvalue weighted by Gasteiger charge is 2.27. The molecule has 1 aromatic carbocycles. The number of anilines is 1. The number of ether oxygens (including phenoxy) is 1. The van der Waals surface area contributed by atoms with E-state index < -0.39 is 4.32 Å². The van der Waals surface area contributed by atoms with E-state index >= 15 is 0 Å². The van der Waals surface area contributed by atoms with E-state index in [0.717, 1.165) is 17.9 Å². The Balaban J connectivity index is 2.66. The molecule has 0 radical (unpaired) electrons. The Bertz CT molecular complexity index is 374. The van der Waals surface area contributed by atoms with Crippen LogP contribution in [0.4, 0.5) is 5.69 Å². The van der Waals surface area contributed by atoms with E-state index in [0.29, 0.717) is 6.61 Å². The number of hydrogen-bond donors (Lipinski definition) is 1. The second kappa shape index (κ2) is 6.05. The van der Waals surface area contributed by atoms with Gasteiger partial charge in [-0.2, -0.15) is 0 Å². The number of halogens is 1. The fourth-order valence-electron chi connectivity index (χ4n) is 1.22. The average Bonchev–Trinajstić information content (AvgIpc) is 2.32. The van der Waals surface area contributed by atoms with Crippen molar-refractivity contribution in [2.75, 3.05) is 11.9 Å². The molecule has 1 aromatic rings. The van der Waals surface area contributed by atoms with E-state index in [1.165, 1.54) is 0 Å². The van der Waals surface area contributed by atoms with Crippen molar-refractivity contribution >= 4 is 27.5 Å². The van der Waals surface area contributed by atoms with Crippen molar-refractivity contribution < 1.29 is 9.53 Å². The molecular weight excluding hydrogens is 282 g/mol. The van der Waals surface area contributed by atoms with E-state index in [9.17, 15) is 4.79 Å². The van der Waals surface area contributed by atoms with Gasteiger partial charge >= 0.3 is 0 Å². The predicted molar refractivity (Wildman–Crippen MR) is 73.9 cm³/mol. The van der Waals surface area contributed by atoms with Crippen molar-refractivity contribution in [3.05, 3.63) is 24.3 Å². The quantitative estimate of drug-likeness (QED) is 0.844. The van der Waals surface area contributed by atoms with Crippen LogP contribution in [0.2, 0.25) is 0 Å². The lowest BCUT2D eigenvalue weighted by atomic mass is 10.1. The number of hydrogen-bond acceptors (Lipinski definition) is 2. The van der Waals surface area contributed by atoms with Crippen LogP contribution in [-0.2, 0) is 4.79 Å². The lowest BCUT2D eigenvalue weighted by Gasteiger charge is -2.19. The summed E-state index contributed by atoms with van der Waals surface area (Å²) < 4.78 is 4.81. The maximum Gasteiger partial charge on any atom is 0.240 e. The summed E-state index contributed by atoms with van der Waals surface area (Å²) in [5.41, 5.74) is 0.776. The molecule has 1 amide bonds. The van der Waals surface area contributed by atoms with E-state index in [1.807, 2.05) is 45.0 Å². The number of carbonyl (C=O) groups is 1. The van der Waals surface area contributed by atoms with Crippen molar-refractivity contribution in [3.63, 3.8) is 0 Å². The van der Waals surface area contributed by atoms with Crippen molar-refractivity contribution in [3.8, 4) is 5.75 Å². The van der Waals surface area contributed by atoms with Gasteiger partial charge in [-0.1, -0.05) is 22.9 Å². The van der Waals surface area contributed by atoms with Gasteiger partial charge in [0, 0.05) is 5.69 Å². The zero-order chi connectivity index (χ0) is 12.9. The summed E-state index contributed by atoms with van der Waals surface area (Å²) in [5, 5.41) is 2.86. The van der Waals surface area contributed by atoms with Gasteiger partial charge in [0.05, 0.1) is 6.61 Å². The molecule has 1 unspecified atom stereocenters. The van der Waals surface area contributed by atoms with Crippen molar-refractivity contribution in [1.29, 1.82) is 0 Å². The molecule has 1 rings (SSSR count). The molecule has 17 heavy (non-hydrogen) atoms. The molecule has 0 spiro atoms. The van der Waals surface area contributed by atoms with Crippen molar-refractivity contribution in [2.45, 2.75) is 31.5 Å². The Morgan fingerprint density at radius 2 is 1.94 bits per heavy atom. The van der Waals surface area contributed by atoms with Crippen LogP contribution in [0, 0.1) is 0 Å². The summed E-state index contributed by atoms with van der Waals surface area (Å²) in [6, 6.07) is 7.36. The van der Waals surface area contributed by atoms with Crippen LogP contribution in [0.5, 0.6) is 5.75 Å². The Morgan fingerprint density at radius 3 is 2.41 bits per heavy atom. The molecule has 0 aromatic heterocycles. The summed E-state index contributed by atoms with van der Waals surface area (Å²) in [6.45, 7) is 6.40. The molecule has 0 bridgehead atoms. The first-order valence-corrected chi connectivity index (χ1v) is 6.52. The molecule has 0 saturated heterocycles. The van der Waals surface area contributed by atoms with Crippen LogP contribution in [0.3, 0.4) is 0 Å². The molecule has 1 atom stereocenters. The number of nitrogens with one attached hydrogen (secondary N) is 1. The van der Waals surface area contributed by atoms with Gasteiger partial charge in [0.1, 0.15) is 10.1 Å². The monoisotopic (exact) mass is 299 g/mol. The van der Waals surface area contributed by atoms with Gasteiger partial charge in [-0.15, -0.1) is 0 Å². The van der Waals surface area contributed by atoms with Crippen LogP contribution in [0.15, 0.2) is 24.3 Å². The third-order valence-electron chi connectivity index (χ3n) is 2.56. The number of benzene rings is 1. The summed E-state index contributed by atoms with van der Waals surface area (Å²) >= 11 is 3.41. The van der Waals surface area contributed by atoms with Crippen LogP contribution >= 0.6 is 15.9 Å². The molecule has 94 valence electrons. The van der Waals surface area contributed by atoms with Crippen molar-refractivity contribution in [2.24, 2.45) is 0 Å². The van der Waals surface area contributed by atoms with E-state index in [1.54, 1.807) is 0 Å². The van der Waals surface area contributed by atoms with Gasteiger partial charge in [-0.3, -0.25) is 4.79 Å². The van der Waals surface area contributed by atoms with Gasteiger partial charge in [0.15, 0.2) is 0 Å². The van der Waals surface area contributed by atoms with Gasteiger partial charge in [-0.05, 0) is 44.5 Å². The van der Waals surface area contributed by atoms with Crippen LogP contribution in [-0.4, -0.2) is 16.8 Å². The molecule has 1 N–H and O–H groups in total. The summed E-state index contributed by atoms with van der Waals surface area (Å²) in [5.74, 6) is 0.770. The molecular formula is C13H18BrNO2. The molecule has 4 heteroatoms. The Labute approximate surface area is 111 Å². The highest BCUT2D eigenvalue weighted by atomic mass is 79.9. The van der Waals surface area contributed by atoms with Gasteiger partial charge < -0.3 is 10.1 Å². The molecule has 0 fully saturated rings. The van der Waals surface area contributed by atoms with E-state index in [4.69, 9.17) is 4.74 Å². The first kappa shape index (κ1) is 14.0. The van der Waals surface area contributed by atoms with Gasteiger partial charge in [-0.25, -0.2) is 0 Å². The predicted octanol–water partition coefficient (Wildman–Crippen LogP) is 3.59. The SMILES string of the molecule is CCOc1ccc(NC(=O)C(C)(Br)CC)cc1. The largest absolute Gasteiger partial charge is 0.494 e. The maximum atomic E-state index is 11.9. The van der Waals surface area contributed by atoms with Crippen LogP contribution in [0.1, 0.15) is 27.2 Å². The zero-order valence-corrected chi connectivity index (χ0v) is 12.0. The second-order valence-corrected chi connectivity index (χ2v) is 5.71. The molecule has 0 aliphatic heterocycles. The summed E-state index contributed by atoms with van der Waals surface area (Å²) in [4.78, 5) is 11.9. The molecule has 0 saturated carbocycles. The first-order chi connectivity index (χ1) is 7.99. The topological polar surface area (TPSA) is 38.3 Å². The van der Waals surface area contributed by atoms with Gasteiger partial charge in [0.25, 0.3) is 0 Å². The molecule has 0 heterocycles. The number of rotatable bonds is 5. The third-order valence-corrected chi connectivity index (χ3v) is 3.48. The highest BCUT2D eigenvalue weighted by Crippen LogP contribution is 2.24. The minimum absolute atomic E-state index is 0.0378. The highest BCUT2D eigenvalue weighted by molar-refractivity contribution is 9.10. The Kier molecular flexibility index (Phi) is 5.00. The average molecular weight is 300 g/mol. The summed E-state index contributed by atoms with van der Waals surface area (Å²) in [6.07, 6.45) is 0.732. The number of amides is 1. The van der Waals surface area contributed by atoms with E-state index in [-0.39, 0.29) is 5.91 Å². The fourth-order valence-corrected chi connectivity index (χ4v) is 1.32. The molecule has 0 aliphatic carbocycles. The van der Waals surface area contributed by atoms with Crippen LogP contribution < -0.4 is 10.1 Å². The minimum Gasteiger partial charge on any atom is -0.494 e. The summed E-state index contributed by atoms with van der Waals surface area (Å²) in [7, 11) is 0. The lowest BCUT2D eigenvalue weighted by Crippen LogP contribution is -2.33. The third kappa shape index (κ3) is 4.04. The normalized spacial score (nSPS) is 13.9. The smallest absolute Gasteiger partial charge is 0.240 e. The number of carbonyl (C=O) groups excluding carboxylic acids is 1. The second-order valence-electron chi connectivity index (χ2n) is 3.96. The fraction of sp³-hybridized carbons (Fsp3) is 0.462. The lowest BCUT2D eigenvalue weighted by molar-refractivity contribution is -0.117. The Hall–Kier alpha value is -1.03. The molecule has 3 nitrogen and oxygen atoms in total. The van der Waals surface area contributed by atoms with Gasteiger partial charge in [0.2, 0.25) is 5.91 Å². The maximum absolute atomic E-state index is 11.9. The zero-order valence-electron chi connectivity index (χ0n) is 10.4. The van der Waals surface area contributed by atoms with Crippen LogP contribution in [0.25, 0.3) is 0 Å². The van der Waals surface area contributed by atoms with E-state index in [2.05, 4.69) is 21.2 Å². The number of alkyl halides is 1. The van der Waals surface area contributed by atoms with Crippen molar-refractivity contribution in [1.82, 2.24) is 0 Å². The standard InChI is InChI=1S/C13H18BrNO2/c1-4-13(3,14)12(16)15-10-6-8-11(9-7-10)17-5-2/h6-9H,4-5H2,1-3H3,(H,15,16). The molecule has 0 aliphatic rings. The Morgan fingerprint density at radius 1 is 1.35 bits per heavy atom. The minimum atomic E-state index is -0.522.